The number of sulfone groups is 1. The van der Waals surface area contributed by atoms with Gasteiger partial charge in [0.15, 0.2) is 9.84 Å². The number of allylic oxidation sites excluding steroid dienone is 3. The summed E-state index contributed by atoms with van der Waals surface area (Å²) < 4.78 is 30.1. The number of nitrogens with zero attached hydrogens (tertiary/aromatic N) is 1. The minimum absolute atomic E-state index is 0.271. The van der Waals surface area contributed by atoms with Gasteiger partial charge in [0, 0.05) is 11.8 Å². The molecule has 0 aliphatic heterocycles. The van der Waals surface area contributed by atoms with Crippen LogP contribution in [0.15, 0.2) is 126 Å². The van der Waals surface area contributed by atoms with E-state index in [1.165, 1.54) is 6.26 Å². The molecule has 0 fully saturated rings. The minimum Gasteiger partial charge on any atom is -0.364 e. The summed E-state index contributed by atoms with van der Waals surface area (Å²) in [7, 11) is -3.27. The van der Waals surface area contributed by atoms with Crippen molar-refractivity contribution in [3.05, 3.63) is 138 Å². The maximum absolute atomic E-state index is 11.8. The van der Waals surface area contributed by atoms with Gasteiger partial charge < -0.3 is 4.74 Å². The van der Waals surface area contributed by atoms with Crippen molar-refractivity contribution in [3.8, 4) is 17.2 Å². The molecule has 0 heterocycles. The Balaban J connectivity index is 1.77. The lowest BCUT2D eigenvalue weighted by Crippen LogP contribution is -2.08. The molecule has 1 unspecified atom stereocenters. The number of rotatable bonds is 9. The lowest BCUT2D eigenvalue weighted by molar-refractivity contribution is 0.0662. The summed E-state index contributed by atoms with van der Waals surface area (Å²) in [4.78, 5) is 0.271. The third-order valence-corrected chi connectivity index (χ3v) is 7.50. The Morgan fingerprint density at radius 2 is 1.74 bits per heavy atom. The minimum atomic E-state index is -3.27. The molecule has 190 valence electrons. The Hall–Kier alpha value is -4.24. The van der Waals surface area contributed by atoms with Gasteiger partial charge in [-0.25, -0.2) is 8.42 Å². The Kier molecular flexibility index (Phi) is 8.38. The van der Waals surface area contributed by atoms with Crippen molar-refractivity contribution in [1.29, 1.82) is 5.26 Å². The van der Waals surface area contributed by atoms with Crippen LogP contribution >= 0.6 is 0 Å². The van der Waals surface area contributed by atoms with Crippen LogP contribution in [-0.2, 0) is 21.2 Å². The van der Waals surface area contributed by atoms with Crippen LogP contribution in [0.5, 0.6) is 0 Å². The molecule has 5 heteroatoms. The van der Waals surface area contributed by atoms with E-state index in [-0.39, 0.29) is 11.5 Å². The first-order valence-corrected chi connectivity index (χ1v) is 14.1. The van der Waals surface area contributed by atoms with Crippen molar-refractivity contribution in [3.63, 3.8) is 0 Å². The molecule has 0 aromatic heterocycles. The predicted molar refractivity (Wildman–Crippen MR) is 154 cm³/mol. The molecular weight excluding hydrogens is 490 g/mol. The fraction of sp³-hybridized carbons (Fsp3) is 0.121. The van der Waals surface area contributed by atoms with Crippen LogP contribution in [0.2, 0.25) is 0 Å². The van der Waals surface area contributed by atoms with Crippen LogP contribution in [0, 0.1) is 11.3 Å². The SMILES string of the molecule is C=C/C=C\C(=C/C)C(OCc1ccc(S(C)(=O)=O)cc1)c1ccc(C#N)c(-c2cccc3ccccc23)c1. The van der Waals surface area contributed by atoms with Crippen molar-refractivity contribution < 1.29 is 13.2 Å². The average Bonchev–Trinajstić information content (AvgIpc) is 2.94. The van der Waals surface area contributed by atoms with E-state index < -0.39 is 15.9 Å². The number of hydrogen-bond donors (Lipinski definition) is 0. The monoisotopic (exact) mass is 519 g/mol. The smallest absolute Gasteiger partial charge is 0.175 e. The second-order valence-corrected chi connectivity index (χ2v) is 10.9. The lowest BCUT2D eigenvalue weighted by atomic mass is 9.91. The van der Waals surface area contributed by atoms with Gasteiger partial charge in [-0.2, -0.15) is 5.26 Å². The molecule has 0 spiro atoms. The highest BCUT2D eigenvalue weighted by atomic mass is 32.2. The first-order chi connectivity index (χ1) is 18.4. The van der Waals surface area contributed by atoms with Gasteiger partial charge in [0.25, 0.3) is 0 Å². The van der Waals surface area contributed by atoms with Crippen LogP contribution in [0.3, 0.4) is 0 Å². The van der Waals surface area contributed by atoms with Gasteiger partial charge in [-0.15, -0.1) is 0 Å². The van der Waals surface area contributed by atoms with Gasteiger partial charge in [0.05, 0.1) is 23.1 Å². The third-order valence-electron chi connectivity index (χ3n) is 6.38. The molecule has 0 aliphatic carbocycles. The molecule has 0 amide bonds. The highest BCUT2D eigenvalue weighted by Gasteiger charge is 2.19. The maximum atomic E-state index is 11.8. The first kappa shape index (κ1) is 26.8. The summed E-state index contributed by atoms with van der Waals surface area (Å²) in [6, 6.07) is 29.1. The second kappa shape index (κ2) is 11.9. The summed E-state index contributed by atoms with van der Waals surface area (Å²) in [5.74, 6) is 0. The Bertz CT molecular complexity index is 1670. The largest absolute Gasteiger partial charge is 0.364 e. The van der Waals surface area contributed by atoms with E-state index in [4.69, 9.17) is 4.74 Å². The summed E-state index contributed by atoms with van der Waals surface area (Å²) >= 11 is 0. The molecule has 0 radical (unpaired) electrons. The molecule has 4 rings (SSSR count). The van der Waals surface area contributed by atoms with E-state index >= 15 is 0 Å². The zero-order valence-corrected chi connectivity index (χ0v) is 22.3. The van der Waals surface area contributed by atoms with Crippen molar-refractivity contribution >= 4 is 20.6 Å². The normalized spacial score (nSPS) is 12.9. The fourth-order valence-corrected chi connectivity index (χ4v) is 5.05. The zero-order valence-electron chi connectivity index (χ0n) is 21.5. The zero-order chi connectivity index (χ0) is 27.1. The van der Waals surface area contributed by atoms with Crippen molar-refractivity contribution in [2.45, 2.75) is 24.5 Å². The molecule has 0 saturated heterocycles. The summed E-state index contributed by atoms with van der Waals surface area (Å²) in [6.07, 6.45) is 8.30. The number of benzene rings is 4. The Morgan fingerprint density at radius 1 is 1.00 bits per heavy atom. The standard InChI is InChI=1S/C33H29NO3S/c1-4-6-10-25(5-2)33(37-23-24-15-19-29(20-16-24)38(3,35)36)27-17-18-28(22-34)32(21-27)31-14-9-12-26-11-7-8-13-30(26)31/h4-21,33H,1,23H2,2-3H3/b10-6-,25-5+. The van der Waals surface area contributed by atoms with Gasteiger partial charge in [0.2, 0.25) is 0 Å². The van der Waals surface area contributed by atoms with Crippen molar-refractivity contribution in [2.75, 3.05) is 6.26 Å². The fourth-order valence-electron chi connectivity index (χ4n) is 4.42. The Morgan fingerprint density at radius 3 is 2.42 bits per heavy atom. The highest BCUT2D eigenvalue weighted by molar-refractivity contribution is 7.90. The van der Waals surface area contributed by atoms with Crippen LogP contribution in [0.4, 0.5) is 0 Å². The third kappa shape index (κ3) is 6.00. The molecule has 4 aromatic carbocycles. The number of hydrogen-bond acceptors (Lipinski definition) is 4. The van der Waals surface area contributed by atoms with Gasteiger partial charge in [-0.05, 0) is 64.2 Å². The van der Waals surface area contributed by atoms with E-state index in [9.17, 15) is 13.7 Å². The van der Waals surface area contributed by atoms with E-state index in [1.54, 1.807) is 30.3 Å². The molecule has 38 heavy (non-hydrogen) atoms. The van der Waals surface area contributed by atoms with E-state index in [0.717, 1.165) is 38.6 Å². The van der Waals surface area contributed by atoms with E-state index in [2.05, 4.69) is 30.8 Å². The van der Waals surface area contributed by atoms with Crippen LogP contribution in [0.25, 0.3) is 21.9 Å². The van der Waals surface area contributed by atoms with Gasteiger partial charge in [0.1, 0.15) is 6.10 Å². The summed E-state index contributed by atoms with van der Waals surface area (Å²) in [6.45, 7) is 6.02. The molecule has 4 nitrogen and oxygen atoms in total. The first-order valence-electron chi connectivity index (χ1n) is 12.2. The number of nitriles is 1. The van der Waals surface area contributed by atoms with Gasteiger partial charge in [-0.1, -0.05) is 91.5 Å². The maximum Gasteiger partial charge on any atom is 0.175 e. The summed E-state index contributed by atoms with van der Waals surface area (Å²) in [5.41, 5.74) is 5.11. The molecule has 0 saturated carbocycles. The van der Waals surface area contributed by atoms with E-state index in [0.29, 0.717) is 5.56 Å². The van der Waals surface area contributed by atoms with E-state index in [1.807, 2.05) is 67.6 Å². The molecule has 0 bridgehead atoms. The molecule has 1 atom stereocenters. The molecule has 0 N–H and O–H groups in total. The lowest BCUT2D eigenvalue weighted by Gasteiger charge is -2.21. The average molecular weight is 520 g/mol. The van der Waals surface area contributed by atoms with Crippen molar-refractivity contribution in [1.82, 2.24) is 0 Å². The van der Waals surface area contributed by atoms with Crippen LogP contribution < -0.4 is 0 Å². The van der Waals surface area contributed by atoms with Crippen LogP contribution in [0.1, 0.15) is 29.7 Å². The van der Waals surface area contributed by atoms with Crippen LogP contribution in [-0.4, -0.2) is 14.7 Å². The number of ether oxygens (including phenoxy) is 1. The van der Waals surface area contributed by atoms with Gasteiger partial charge >= 0.3 is 0 Å². The summed E-state index contributed by atoms with van der Waals surface area (Å²) in [5, 5.41) is 12.1. The number of fused-ring (bicyclic) bond motifs is 1. The van der Waals surface area contributed by atoms with Crippen molar-refractivity contribution in [2.24, 2.45) is 0 Å². The molecular formula is C33H29NO3S. The topological polar surface area (TPSA) is 67.2 Å². The molecule has 0 aliphatic rings. The second-order valence-electron chi connectivity index (χ2n) is 8.93. The predicted octanol–water partition coefficient (Wildman–Crippen LogP) is 7.73. The highest BCUT2D eigenvalue weighted by Crippen LogP contribution is 2.36. The Labute approximate surface area is 224 Å². The molecule has 4 aromatic rings. The quantitative estimate of drug-likeness (QED) is 0.212. The van der Waals surface area contributed by atoms with Gasteiger partial charge in [-0.3, -0.25) is 0 Å².